The van der Waals surface area contributed by atoms with E-state index in [0.29, 0.717) is 17.8 Å². The second-order valence-electron chi connectivity index (χ2n) is 4.43. The van der Waals surface area contributed by atoms with Crippen molar-refractivity contribution in [1.82, 2.24) is 9.78 Å². The maximum Gasteiger partial charge on any atom is 0.212 e. The lowest BCUT2D eigenvalue weighted by molar-refractivity contribution is 0.102. The van der Waals surface area contributed by atoms with Crippen LogP contribution in [0.15, 0.2) is 34.9 Å². The third-order valence-electron chi connectivity index (χ3n) is 2.96. The van der Waals surface area contributed by atoms with Gasteiger partial charge >= 0.3 is 0 Å². The number of carbonyl (C=O) groups excluding carboxylic acids is 1. The van der Waals surface area contributed by atoms with Gasteiger partial charge in [0.15, 0.2) is 0 Å². The Hall–Kier alpha value is -1.62. The predicted octanol–water partition coefficient (Wildman–Crippen LogP) is 2.96. The highest BCUT2D eigenvalue weighted by Crippen LogP contribution is 2.21. The molecule has 0 spiro atoms. The molecule has 1 heterocycles. The number of nitrogens with zero attached hydrogens (tertiary/aromatic N) is 3. The van der Waals surface area contributed by atoms with Crippen LogP contribution < -0.4 is 4.90 Å². The molecule has 5 heteroatoms. The van der Waals surface area contributed by atoms with Crippen molar-refractivity contribution in [3.05, 3.63) is 46.2 Å². The first-order valence-corrected chi connectivity index (χ1v) is 6.87. The van der Waals surface area contributed by atoms with Gasteiger partial charge < -0.3 is 4.90 Å². The lowest BCUT2D eigenvalue weighted by Gasteiger charge is -2.12. The van der Waals surface area contributed by atoms with Crippen LogP contribution in [0.1, 0.15) is 23.0 Å². The van der Waals surface area contributed by atoms with Gasteiger partial charge in [0.2, 0.25) is 5.78 Å². The fraction of sp³-hybridized carbons (Fsp3) is 0.286. The Bertz CT molecular complexity index is 587. The zero-order valence-electron chi connectivity index (χ0n) is 11.2. The van der Waals surface area contributed by atoms with Crippen LogP contribution in [0.2, 0.25) is 0 Å². The van der Waals surface area contributed by atoms with Crippen molar-refractivity contribution >= 4 is 27.4 Å². The summed E-state index contributed by atoms with van der Waals surface area (Å²) in [5.74, 6) is -0.0171. The molecule has 0 amide bonds. The van der Waals surface area contributed by atoms with Gasteiger partial charge in [0.1, 0.15) is 5.69 Å². The number of halogens is 1. The maximum atomic E-state index is 12.5. The number of ketones is 1. The van der Waals surface area contributed by atoms with E-state index >= 15 is 0 Å². The molecule has 0 fully saturated rings. The Balaban J connectivity index is 2.36. The SMILES string of the molecule is CCn1ncc(Br)c1C(=O)c1ccc(N(C)C)cc1. The first-order valence-electron chi connectivity index (χ1n) is 6.08. The topological polar surface area (TPSA) is 38.1 Å². The predicted molar refractivity (Wildman–Crippen MR) is 79.8 cm³/mol. The third-order valence-corrected chi connectivity index (χ3v) is 3.54. The van der Waals surface area contributed by atoms with Crippen LogP contribution in [0.5, 0.6) is 0 Å². The van der Waals surface area contributed by atoms with Crippen molar-refractivity contribution < 1.29 is 4.79 Å². The van der Waals surface area contributed by atoms with Crippen LogP contribution in [-0.4, -0.2) is 29.7 Å². The molecule has 0 radical (unpaired) electrons. The minimum atomic E-state index is -0.0171. The summed E-state index contributed by atoms with van der Waals surface area (Å²) in [4.78, 5) is 14.5. The molecule has 0 bridgehead atoms. The fourth-order valence-electron chi connectivity index (χ4n) is 1.88. The Morgan fingerprint density at radius 3 is 2.47 bits per heavy atom. The van der Waals surface area contributed by atoms with Gasteiger partial charge in [-0.3, -0.25) is 9.48 Å². The first kappa shape index (κ1) is 13.8. The Labute approximate surface area is 121 Å². The fourth-order valence-corrected chi connectivity index (χ4v) is 2.35. The average Bonchev–Trinajstić information content (AvgIpc) is 2.79. The van der Waals surface area contributed by atoms with E-state index in [-0.39, 0.29) is 5.78 Å². The Kier molecular flexibility index (Phi) is 4.04. The summed E-state index contributed by atoms with van der Waals surface area (Å²) in [6.07, 6.45) is 1.66. The molecule has 2 aromatic rings. The molecule has 0 aliphatic carbocycles. The average molecular weight is 322 g/mol. The number of aromatic nitrogens is 2. The van der Waals surface area contributed by atoms with Crippen LogP contribution in [0.25, 0.3) is 0 Å². The maximum absolute atomic E-state index is 12.5. The molecule has 0 unspecified atom stereocenters. The van der Waals surface area contributed by atoms with E-state index in [4.69, 9.17) is 0 Å². The van der Waals surface area contributed by atoms with Gasteiger partial charge in [-0.15, -0.1) is 0 Å². The highest BCUT2D eigenvalue weighted by atomic mass is 79.9. The quantitative estimate of drug-likeness (QED) is 0.812. The standard InChI is InChI=1S/C14H16BrN3O/c1-4-18-13(12(15)9-16-18)14(19)10-5-7-11(8-6-10)17(2)3/h5-9H,4H2,1-3H3. The van der Waals surface area contributed by atoms with Crippen molar-refractivity contribution in [2.45, 2.75) is 13.5 Å². The lowest BCUT2D eigenvalue weighted by atomic mass is 10.1. The molecule has 19 heavy (non-hydrogen) atoms. The van der Waals surface area contributed by atoms with Gasteiger partial charge in [-0.25, -0.2) is 0 Å². The van der Waals surface area contributed by atoms with E-state index in [9.17, 15) is 4.79 Å². The molecule has 4 nitrogen and oxygen atoms in total. The van der Waals surface area contributed by atoms with Crippen molar-refractivity contribution in [1.29, 1.82) is 0 Å². The van der Waals surface area contributed by atoms with Crippen LogP contribution in [-0.2, 0) is 6.54 Å². The monoisotopic (exact) mass is 321 g/mol. The number of hydrogen-bond acceptors (Lipinski definition) is 3. The zero-order valence-corrected chi connectivity index (χ0v) is 12.8. The van der Waals surface area contributed by atoms with Crippen molar-refractivity contribution in [2.24, 2.45) is 0 Å². The molecule has 0 aliphatic rings. The second kappa shape index (κ2) is 5.57. The molecular weight excluding hydrogens is 306 g/mol. The molecule has 2 rings (SSSR count). The second-order valence-corrected chi connectivity index (χ2v) is 5.28. The minimum absolute atomic E-state index is 0.0171. The van der Waals surface area contributed by atoms with Crippen LogP contribution in [0.3, 0.4) is 0 Å². The summed E-state index contributed by atoms with van der Waals surface area (Å²) < 4.78 is 2.43. The minimum Gasteiger partial charge on any atom is -0.378 e. The van der Waals surface area contributed by atoms with Gasteiger partial charge in [0.25, 0.3) is 0 Å². The number of hydrogen-bond donors (Lipinski definition) is 0. The highest BCUT2D eigenvalue weighted by Gasteiger charge is 2.18. The van der Waals surface area contributed by atoms with Crippen LogP contribution >= 0.6 is 15.9 Å². The summed E-state index contributed by atoms with van der Waals surface area (Å²) in [6, 6.07) is 7.57. The van der Waals surface area contributed by atoms with E-state index in [2.05, 4.69) is 21.0 Å². The van der Waals surface area contributed by atoms with Gasteiger partial charge in [-0.2, -0.15) is 5.10 Å². The Morgan fingerprint density at radius 2 is 1.95 bits per heavy atom. The van der Waals surface area contributed by atoms with E-state index in [1.54, 1.807) is 10.9 Å². The first-order chi connectivity index (χ1) is 9.04. The molecule has 1 aromatic heterocycles. The smallest absolute Gasteiger partial charge is 0.212 e. The molecule has 0 aliphatic heterocycles. The van der Waals surface area contributed by atoms with E-state index in [1.165, 1.54) is 0 Å². The number of benzene rings is 1. The number of anilines is 1. The van der Waals surface area contributed by atoms with Gasteiger partial charge in [0.05, 0.1) is 10.7 Å². The van der Waals surface area contributed by atoms with Crippen LogP contribution in [0, 0.1) is 0 Å². The lowest BCUT2D eigenvalue weighted by Crippen LogP contribution is -2.12. The van der Waals surface area contributed by atoms with E-state index in [0.717, 1.165) is 10.2 Å². The number of aryl methyl sites for hydroxylation is 1. The summed E-state index contributed by atoms with van der Waals surface area (Å²) in [7, 11) is 3.94. The van der Waals surface area contributed by atoms with Crippen LogP contribution in [0.4, 0.5) is 5.69 Å². The molecule has 100 valence electrons. The summed E-state index contributed by atoms with van der Waals surface area (Å²) >= 11 is 3.38. The largest absolute Gasteiger partial charge is 0.378 e. The van der Waals surface area contributed by atoms with Gasteiger partial charge in [-0.1, -0.05) is 0 Å². The summed E-state index contributed by atoms with van der Waals surface area (Å²) in [6.45, 7) is 2.63. The van der Waals surface area contributed by atoms with Gasteiger partial charge in [0, 0.05) is 31.9 Å². The molecule has 0 saturated heterocycles. The Morgan fingerprint density at radius 1 is 1.32 bits per heavy atom. The van der Waals surface area contributed by atoms with Gasteiger partial charge in [-0.05, 0) is 47.1 Å². The molecule has 0 N–H and O–H groups in total. The number of rotatable bonds is 4. The summed E-state index contributed by atoms with van der Waals surface area (Å²) in [5.41, 5.74) is 2.33. The molecular formula is C14H16BrN3O. The normalized spacial score (nSPS) is 10.5. The summed E-state index contributed by atoms with van der Waals surface area (Å²) in [5, 5.41) is 4.17. The van der Waals surface area contributed by atoms with E-state index < -0.39 is 0 Å². The third kappa shape index (κ3) is 2.71. The molecule has 1 aromatic carbocycles. The van der Waals surface area contributed by atoms with E-state index in [1.807, 2.05) is 50.2 Å². The molecule has 0 saturated carbocycles. The van der Waals surface area contributed by atoms with Crippen molar-refractivity contribution in [3.63, 3.8) is 0 Å². The number of carbonyl (C=O) groups is 1. The van der Waals surface area contributed by atoms with Crippen molar-refractivity contribution in [3.8, 4) is 0 Å². The molecule has 0 atom stereocenters. The van der Waals surface area contributed by atoms with Crippen molar-refractivity contribution in [2.75, 3.05) is 19.0 Å². The zero-order chi connectivity index (χ0) is 14.0. The highest BCUT2D eigenvalue weighted by molar-refractivity contribution is 9.10.